The van der Waals surface area contributed by atoms with E-state index in [1.54, 1.807) is 0 Å². The Labute approximate surface area is 369 Å². The second-order valence-electron chi connectivity index (χ2n) is 15.9. The predicted molar refractivity (Wildman–Crippen MR) is 266 cm³/mol. The van der Waals surface area contributed by atoms with Crippen LogP contribution in [0, 0.1) is 0 Å². The third-order valence-corrected chi connectivity index (χ3v) is 13.3. The largest absolute Gasteiger partial charge is 0.247 e. The Hall–Kier alpha value is -8.05. The molecule has 12 rings (SSSR count). The minimum Gasteiger partial charge on any atom is -0.247 e. The first kappa shape index (κ1) is 36.8. The van der Waals surface area contributed by atoms with Crippen LogP contribution in [-0.4, -0.2) is 15.0 Å². The summed E-state index contributed by atoms with van der Waals surface area (Å²) < 4.78 is 2.60. The standard InChI is InChI=1S/C59H37N3S/c1-4-12-43(13-5-1)53-37-54(62-59(61-53)46-16-8-3-9-17-46)44-30-28-41(29-31-44)39-22-20-38(21-23-39)40-24-26-42(27-25-40)47-32-35-55-51(36-47)48-33-34-50-56(58(48)63-55)49-18-10-11-19-52(49)60-57(50)45-14-6-2-7-15-45/h1-37H. The highest BCUT2D eigenvalue weighted by Crippen LogP contribution is 2.44. The van der Waals surface area contributed by atoms with Gasteiger partial charge in [0.05, 0.1) is 22.6 Å². The van der Waals surface area contributed by atoms with E-state index < -0.39 is 0 Å². The summed E-state index contributed by atoms with van der Waals surface area (Å²) in [6, 6.07) is 79.7. The molecule has 3 heterocycles. The third-order valence-electron chi connectivity index (χ3n) is 12.1. The fraction of sp³-hybridized carbons (Fsp3) is 0. The number of aromatic nitrogens is 3. The van der Waals surface area contributed by atoms with Gasteiger partial charge in [-0.15, -0.1) is 11.3 Å². The minimum atomic E-state index is 0.718. The van der Waals surface area contributed by atoms with Crippen LogP contribution < -0.4 is 0 Å². The van der Waals surface area contributed by atoms with Gasteiger partial charge in [-0.3, -0.25) is 0 Å². The smallest absolute Gasteiger partial charge is 0.160 e. The van der Waals surface area contributed by atoms with Crippen LogP contribution >= 0.6 is 11.3 Å². The summed E-state index contributed by atoms with van der Waals surface area (Å²) in [6.45, 7) is 0. The van der Waals surface area contributed by atoms with Crippen LogP contribution in [0.3, 0.4) is 0 Å². The predicted octanol–water partition coefficient (Wildman–Crippen LogP) is 16.2. The number of fused-ring (bicyclic) bond motifs is 7. The molecular formula is C59H37N3S. The number of benzene rings is 9. The number of pyridine rings is 1. The van der Waals surface area contributed by atoms with Crippen molar-refractivity contribution in [3.8, 4) is 78.5 Å². The van der Waals surface area contributed by atoms with E-state index in [9.17, 15) is 0 Å². The molecule has 12 aromatic rings. The first-order valence-corrected chi connectivity index (χ1v) is 22.1. The zero-order valence-corrected chi connectivity index (χ0v) is 34.9. The van der Waals surface area contributed by atoms with Gasteiger partial charge in [0.2, 0.25) is 0 Å². The van der Waals surface area contributed by atoms with Gasteiger partial charge in [0.15, 0.2) is 5.82 Å². The number of hydrogen-bond acceptors (Lipinski definition) is 4. The lowest BCUT2D eigenvalue weighted by Crippen LogP contribution is -1.95. The van der Waals surface area contributed by atoms with Crippen molar-refractivity contribution in [1.29, 1.82) is 0 Å². The molecule has 294 valence electrons. The Bertz CT molecular complexity index is 3560. The highest BCUT2D eigenvalue weighted by molar-refractivity contribution is 7.26. The second kappa shape index (κ2) is 15.4. The normalized spacial score (nSPS) is 11.5. The molecule has 9 aromatic carbocycles. The topological polar surface area (TPSA) is 38.7 Å². The Morgan fingerprint density at radius 1 is 0.286 bits per heavy atom. The van der Waals surface area contributed by atoms with Gasteiger partial charge in [-0.25, -0.2) is 15.0 Å². The van der Waals surface area contributed by atoms with Crippen LogP contribution in [-0.2, 0) is 0 Å². The van der Waals surface area contributed by atoms with Crippen molar-refractivity contribution in [2.75, 3.05) is 0 Å². The Morgan fingerprint density at radius 2 is 0.746 bits per heavy atom. The molecule has 0 spiro atoms. The van der Waals surface area contributed by atoms with Crippen molar-refractivity contribution in [2.45, 2.75) is 0 Å². The van der Waals surface area contributed by atoms with E-state index in [0.29, 0.717) is 0 Å². The van der Waals surface area contributed by atoms with Crippen molar-refractivity contribution in [2.24, 2.45) is 0 Å². The molecule has 0 aliphatic rings. The third kappa shape index (κ3) is 6.74. The molecular weight excluding hydrogens is 783 g/mol. The van der Waals surface area contributed by atoms with Gasteiger partial charge >= 0.3 is 0 Å². The van der Waals surface area contributed by atoms with Crippen molar-refractivity contribution >= 4 is 53.2 Å². The van der Waals surface area contributed by atoms with E-state index in [-0.39, 0.29) is 0 Å². The molecule has 63 heavy (non-hydrogen) atoms. The minimum absolute atomic E-state index is 0.718. The molecule has 0 saturated heterocycles. The molecule has 0 atom stereocenters. The highest BCUT2D eigenvalue weighted by Gasteiger charge is 2.17. The Morgan fingerprint density at radius 3 is 1.35 bits per heavy atom. The molecule has 0 amide bonds. The van der Waals surface area contributed by atoms with Crippen LogP contribution in [0.4, 0.5) is 0 Å². The van der Waals surface area contributed by atoms with Crippen LogP contribution in [0.25, 0.3) is 120 Å². The summed E-state index contributed by atoms with van der Waals surface area (Å²) >= 11 is 1.88. The van der Waals surface area contributed by atoms with Gasteiger partial charge in [-0.1, -0.05) is 200 Å². The molecule has 0 aliphatic carbocycles. The van der Waals surface area contributed by atoms with E-state index in [0.717, 1.165) is 56.2 Å². The van der Waals surface area contributed by atoms with Gasteiger partial charge in [0.25, 0.3) is 0 Å². The van der Waals surface area contributed by atoms with Crippen molar-refractivity contribution < 1.29 is 0 Å². The molecule has 3 nitrogen and oxygen atoms in total. The second-order valence-corrected chi connectivity index (χ2v) is 17.0. The molecule has 0 fully saturated rings. The van der Waals surface area contributed by atoms with Crippen LogP contribution in [0.5, 0.6) is 0 Å². The molecule has 0 aliphatic heterocycles. The van der Waals surface area contributed by atoms with Crippen molar-refractivity contribution in [3.63, 3.8) is 0 Å². The lowest BCUT2D eigenvalue weighted by molar-refractivity contribution is 1.18. The first-order chi connectivity index (χ1) is 31.2. The maximum absolute atomic E-state index is 5.17. The van der Waals surface area contributed by atoms with E-state index in [4.69, 9.17) is 15.0 Å². The van der Waals surface area contributed by atoms with Gasteiger partial charge < -0.3 is 0 Å². The van der Waals surface area contributed by atoms with Gasteiger partial charge in [0.1, 0.15) is 0 Å². The maximum atomic E-state index is 5.17. The highest BCUT2D eigenvalue weighted by atomic mass is 32.1. The van der Waals surface area contributed by atoms with Crippen molar-refractivity contribution in [3.05, 3.63) is 224 Å². The van der Waals surface area contributed by atoms with E-state index in [1.165, 1.54) is 64.1 Å². The summed E-state index contributed by atoms with van der Waals surface area (Å²) in [5.74, 6) is 0.718. The SMILES string of the molecule is c1ccc(-c2cc(-c3ccc(-c4ccc(-c5ccc(-c6ccc7sc8c(ccc9c(-c%10ccccc%10)nc%10ccccc%10c98)c7c6)cc5)cc4)cc3)nc(-c3ccccc3)n2)cc1. The fourth-order valence-corrected chi connectivity index (χ4v) is 10.1. The maximum Gasteiger partial charge on any atom is 0.160 e. The fourth-order valence-electron chi connectivity index (χ4n) is 8.88. The number of hydrogen-bond donors (Lipinski definition) is 0. The average molecular weight is 820 g/mol. The summed E-state index contributed by atoms with van der Waals surface area (Å²) in [5, 5.41) is 6.24. The molecule has 0 unspecified atom stereocenters. The van der Waals surface area contributed by atoms with Gasteiger partial charge in [-0.2, -0.15) is 0 Å². The summed E-state index contributed by atoms with van der Waals surface area (Å²) in [7, 11) is 0. The molecule has 4 heteroatoms. The number of nitrogens with zero attached hydrogens (tertiary/aromatic N) is 3. The molecule has 0 radical (unpaired) electrons. The zero-order valence-electron chi connectivity index (χ0n) is 34.1. The summed E-state index contributed by atoms with van der Waals surface area (Å²) in [4.78, 5) is 15.1. The number of rotatable bonds is 7. The summed E-state index contributed by atoms with van der Waals surface area (Å²) in [5.41, 5.74) is 15.2. The van der Waals surface area contributed by atoms with Gasteiger partial charge in [0, 0.05) is 58.6 Å². The molecule has 0 saturated carbocycles. The van der Waals surface area contributed by atoms with Crippen LogP contribution in [0.1, 0.15) is 0 Å². The quantitative estimate of drug-likeness (QED) is 0.150. The number of para-hydroxylation sites is 1. The van der Waals surface area contributed by atoms with Gasteiger partial charge in [-0.05, 0) is 57.6 Å². The monoisotopic (exact) mass is 819 g/mol. The Kier molecular flexibility index (Phi) is 9.02. The van der Waals surface area contributed by atoms with E-state index in [2.05, 4.69) is 188 Å². The zero-order chi connectivity index (χ0) is 41.7. The lowest BCUT2D eigenvalue weighted by atomic mass is 9.96. The van der Waals surface area contributed by atoms with Crippen LogP contribution in [0.15, 0.2) is 224 Å². The van der Waals surface area contributed by atoms with E-state index >= 15 is 0 Å². The average Bonchev–Trinajstić information content (AvgIpc) is 3.75. The number of thiophene rings is 1. The Balaban J connectivity index is 0.820. The van der Waals surface area contributed by atoms with Crippen molar-refractivity contribution in [1.82, 2.24) is 15.0 Å². The van der Waals surface area contributed by atoms with Crippen LogP contribution in [0.2, 0.25) is 0 Å². The molecule has 3 aromatic heterocycles. The first-order valence-electron chi connectivity index (χ1n) is 21.2. The molecule has 0 bridgehead atoms. The lowest BCUT2D eigenvalue weighted by Gasteiger charge is -2.11. The molecule has 0 N–H and O–H groups in total. The summed E-state index contributed by atoms with van der Waals surface area (Å²) in [6.07, 6.45) is 0. The van der Waals surface area contributed by atoms with E-state index in [1.807, 2.05) is 47.7 Å².